The normalized spacial score (nSPS) is 10.7. The van der Waals surface area contributed by atoms with Gasteiger partial charge in [-0.1, -0.05) is 29.8 Å². The molecule has 0 aliphatic carbocycles. The molecule has 0 aliphatic rings. The van der Waals surface area contributed by atoms with Crippen molar-refractivity contribution in [1.82, 2.24) is 9.55 Å². The van der Waals surface area contributed by atoms with Crippen molar-refractivity contribution < 1.29 is 0 Å². The standard InChI is InChI=1S/C18H17N3/c1-3-21-17-9-8-15(12-19)10-16(17)20-18(21)11-14-6-4-13(2)5-7-14/h4-10H,3,11H2,1-2H3. The molecular weight excluding hydrogens is 258 g/mol. The predicted molar refractivity (Wildman–Crippen MR) is 84.1 cm³/mol. The second-order valence-electron chi connectivity index (χ2n) is 5.25. The molecule has 0 saturated heterocycles. The van der Waals surface area contributed by atoms with Gasteiger partial charge < -0.3 is 4.57 Å². The number of benzene rings is 2. The molecule has 3 nitrogen and oxygen atoms in total. The third kappa shape index (κ3) is 2.53. The summed E-state index contributed by atoms with van der Waals surface area (Å²) in [5.41, 5.74) is 5.18. The highest BCUT2D eigenvalue weighted by Gasteiger charge is 2.10. The third-order valence-corrected chi connectivity index (χ3v) is 3.76. The molecule has 0 amide bonds. The van der Waals surface area contributed by atoms with Gasteiger partial charge in [-0.3, -0.25) is 0 Å². The topological polar surface area (TPSA) is 41.6 Å². The average molecular weight is 275 g/mol. The molecule has 0 atom stereocenters. The fraction of sp³-hybridized carbons (Fsp3) is 0.222. The summed E-state index contributed by atoms with van der Waals surface area (Å²) in [6.07, 6.45) is 0.810. The van der Waals surface area contributed by atoms with E-state index in [1.165, 1.54) is 11.1 Å². The molecule has 0 radical (unpaired) electrons. The van der Waals surface area contributed by atoms with Crippen LogP contribution in [0.15, 0.2) is 42.5 Å². The Bertz CT molecular complexity index is 820. The van der Waals surface area contributed by atoms with Gasteiger partial charge in [0.15, 0.2) is 0 Å². The summed E-state index contributed by atoms with van der Waals surface area (Å²) in [6.45, 7) is 5.09. The number of aromatic nitrogens is 2. The van der Waals surface area contributed by atoms with E-state index >= 15 is 0 Å². The lowest BCUT2D eigenvalue weighted by Crippen LogP contribution is -2.02. The molecule has 0 unspecified atom stereocenters. The van der Waals surface area contributed by atoms with E-state index in [2.05, 4.69) is 48.7 Å². The van der Waals surface area contributed by atoms with Crippen molar-refractivity contribution in [2.75, 3.05) is 0 Å². The van der Waals surface area contributed by atoms with Crippen molar-refractivity contribution in [2.45, 2.75) is 26.8 Å². The van der Waals surface area contributed by atoms with Crippen LogP contribution in [0.4, 0.5) is 0 Å². The van der Waals surface area contributed by atoms with E-state index in [4.69, 9.17) is 10.2 Å². The van der Waals surface area contributed by atoms with Gasteiger partial charge in [0.05, 0.1) is 22.7 Å². The van der Waals surface area contributed by atoms with Crippen LogP contribution < -0.4 is 0 Å². The van der Waals surface area contributed by atoms with Crippen molar-refractivity contribution in [3.8, 4) is 6.07 Å². The molecule has 104 valence electrons. The Balaban J connectivity index is 2.05. The highest BCUT2D eigenvalue weighted by atomic mass is 15.1. The molecule has 0 fully saturated rings. The van der Waals surface area contributed by atoms with Gasteiger partial charge in [-0.05, 0) is 37.6 Å². The number of hydrogen-bond acceptors (Lipinski definition) is 2. The van der Waals surface area contributed by atoms with Gasteiger partial charge in [0.1, 0.15) is 5.82 Å². The average Bonchev–Trinajstić information content (AvgIpc) is 2.85. The second kappa shape index (κ2) is 5.41. The maximum absolute atomic E-state index is 9.01. The Morgan fingerprint density at radius 3 is 2.57 bits per heavy atom. The first kappa shape index (κ1) is 13.4. The van der Waals surface area contributed by atoms with Gasteiger partial charge in [-0.2, -0.15) is 5.26 Å². The number of aryl methyl sites for hydroxylation is 2. The highest BCUT2D eigenvalue weighted by Crippen LogP contribution is 2.20. The maximum Gasteiger partial charge on any atom is 0.114 e. The number of nitriles is 1. The fourth-order valence-electron chi connectivity index (χ4n) is 2.63. The van der Waals surface area contributed by atoms with Crippen LogP contribution in [0, 0.1) is 18.3 Å². The van der Waals surface area contributed by atoms with Gasteiger partial charge in [0.2, 0.25) is 0 Å². The van der Waals surface area contributed by atoms with Crippen LogP contribution in [0.5, 0.6) is 0 Å². The minimum atomic E-state index is 0.658. The Morgan fingerprint density at radius 2 is 1.90 bits per heavy atom. The van der Waals surface area contributed by atoms with Crippen LogP contribution in [0.25, 0.3) is 11.0 Å². The van der Waals surface area contributed by atoms with E-state index in [0.29, 0.717) is 5.56 Å². The molecule has 0 saturated carbocycles. The van der Waals surface area contributed by atoms with Gasteiger partial charge in [0.25, 0.3) is 0 Å². The van der Waals surface area contributed by atoms with Crippen molar-refractivity contribution in [3.63, 3.8) is 0 Å². The largest absolute Gasteiger partial charge is 0.328 e. The van der Waals surface area contributed by atoms with Crippen LogP contribution in [-0.4, -0.2) is 9.55 Å². The van der Waals surface area contributed by atoms with E-state index < -0.39 is 0 Å². The van der Waals surface area contributed by atoms with Crippen LogP contribution in [-0.2, 0) is 13.0 Å². The van der Waals surface area contributed by atoms with Crippen molar-refractivity contribution in [3.05, 3.63) is 65.0 Å². The highest BCUT2D eigenvalue weighted by molar-refractivity contribution is 5.77. The zero-order valence-electron chi connectivity index (χ0n) is 12.3. The zero-order chi connectivity index (χ0) is 14.8. The Morgan fingerprint density at radius 1 is 1.14 bits per heavy atom. The lowest BCUT2D eigenvalue weighted by molar-refractivity contribution is 0.733. The van der Waals surface area contributed by atoms with Gasteiger partial charge in [0, 0.05) is 13.0 Å². The van der Waals surface area contributed by atoms with Crippen LogP contribution in [0.2, 0.25) is 0 Å². The van der Waals surface area contributed by atoms with Crippen LogP contribution >= 0.6 is 0 Å². The summed E-state index contributed by atoms with van der Waals surface area (Å²) >= 11 is 0. The molecule has 3 heteroatoms. The molecule has 21 heavy (non-hydrogen) atoms. The minimum Gasteiger partial charge on any atom is -0.328 e. The van der Waals surface area contributed by atoms with E-state index in [1.54, 1.807) is 0 Å². The van der Waals surface area contributed by atoms with Crippen molar-refractivity contribution in [1.29, 1.82) is 5.26 Å². The summed E-state index contributed by atoms with van der Waals surface area (Å²) in [5, 5.41) is 9.01. The SMILES string of the molecule is CCn1c(Cc2ccc(C)cc2)nc2cc(C#N)ccc21. The Hall–Kier alpha value is -2.60. The first-order valence-electron chi connectivity index (χ1n) is 7.16. The lowest BCUT2D eigenvalue weighted by atomic mass is 10.1. The predicted octanol–water partition coefficient (Wildman–Crippen LogP) is 3.83. The maximum atomic E-state index is 9.01. The monoisotopic (exact) mass is 275 g/mol. The van der Waals surface area contributed by atoms with Gasteiger partial charge >= 0.3 is 0 Å². The number of hydrogen-bond donors (Lipinski definition) is 0. The fourth-order valence-corrected chi connectivity index (χ4v) is 2.63. The Labute approximate surface area is 124 Å². The smallest absolute Gasteiger partial charge is 0.114 e. The molecule has 0 bridgehead atoms. The van der Waals surface area contributed by atoms with E-state index in [1.807, 2.05) is 18.2 Å². The molecule has 2 aromatic carbocycles. The molecule has 1 aromatic heterocycles. The third-order valence-electron chi connectivity index (χ3n) is 3.76. The van der Waals surface area contributed by atoms with Crippen LogP contribution in [0.1, 0.15) is 29.4 Å². The molecule has 0 spiro atoms. The summed E-state index contributed by atoms with van der Waals surface area (Å²) in [7, 11) is 0. The van der Waals surface area contributed by atoms with Crippen molar-refractivity contribution >= 4 is 11.0 Å². The first-order valence-corrected chi connectivity index (χ1v) is 7.16. The number of nitrogens with zero attached hydrogens (tertiary/aromatic N) is 3. The molecule has 3 rings (SSSR count). The number of imidazole rings is 1. The van der Waals surface area contributed by atoms with Crippen molar-refractivity contribution in [2.24, 2.45) is 0 Å². The first-order chi connectivity index (χ1) is 10.2. The number of fused-ring (bicyclic) bond motifs is 1. The summed E-state index contributed by atoms with van der Waals surface area (Å²) in [5.74, 6) is 1.05. The van der Waals surface area contributed by atoms with Crippen LogP contribution in [0.3, 0.4) is 0 Å². The molecular formula is C18H17N3. The molecule has 1 heterocycles. The molecule has 0 aliphatic heterocycles. The lowest BCUT2D eigenvalue weighted by Gasteiger charge is -2.06. The zero-order valence-corrected chi connectivity index (χ0v) is 12.3. The van der Waals surface area contributed by atoms with E-state index in [0.717, 1.165) is 29.8 Å². The van der Waals surface area contributed by atoms with E-state index in [9.17, 15) is 0 Å². The summed E-state index contributed by atoms with van der Waals surface area (Å²) < 4.78 is 2.22. The van der Waals surface area contributed by atoms with E-state index in [-0.39, 0.29) is 0 Å². The van der Waals surface area contributed by atoms with Gasteiger partial charge in [-0.15, -0.1) is 0 Å². The Kier molecular flexibility index (Phi) is 3.45. The quantitative estimate of drug-likeness (QED) is 0.729. The molecule has 0 N–H and O–H groups in total. The second-order valence-corrected chi connectivity index (χ2v) is 5.25. The minimum absolute atomic E-state index is 0.658. The number of rotatable bonds is 3. The molecule has 3 aromatic rings. The van der Waals surface area contributed by atoms with Gasteiger partial charge in [-0.25, -0.2) is 4.98 Å². The summed E-state index contributed by atoms with van der Waals surface area (Å²) in [6, 6.07) is 16.4. The summed E-state index contributed by atoms with van der Waals surface area (Å²) in [4.78, 5) is 4.72.